The van der Waals surface area contributed by atoms with Crippen molar-refractivity contribution in [2.45, 2.75) is 48.6 Å². The van der Waals surface area contributed by atoms with Crippen LogP contribution >= 0.6 is 0 Å². The summed E-state index contributed by atoms with van der Waals surface area (Å²) in [6.07, 6.45) is 4.76. The Bertz CT molecular complexity index is 1150. The summed E-state index contributed by atoms with van der Waals surface area (Å²) in [4.78, 5) is 13.1. The monoisotopic (exact) mass is 455 g/mol. The van der Waals surface area contributed by atoms with E-state index in [1.165, 1.54) is 18.2 Å². The molecule has 2 bridgehead atoms. The molecule has 1 aliphatic carbocycles. The predicted molar refractivity (Wildman–Crippen MR) is 119 cm³/mol. The molecular weight excluding hydrogens is 429 g/mol. The molecule has 8 heteroatoms. The first-order valence-electron chi connectivity index (χ1n) is 10.7. The minimum absolute atomic E-state index is 0.0695. The molecule has 32 heavy (non-hydrogen) atoms. The lowest BCUT2D eigenvalue weighted by molar-refractivity contribution is -0.131. The van der Waals surface area contributed by atoms with Crippen LogP contribution in [0.1, 0.15) is 31.2 Å². The summed E-state index contributed by atoms with van der Waals surface area (Å²) in [6, 6.07) is 12.2. The second-order valence-corrected chi connectivity index (χ2v) is 10.9. The van der Waals surface area contributed by atoms with Crippen molar-refractivity contribution >= 4 is 15.7 Å². The molecule has 2 aliphatic heterocycles. The summed E-state index contributed by atoms with van der Waals surface area (Å²) in [6.45, 7) is 0.825. The second-order valence-electron chi connectivity index (χ2n) is 8.87. The van der Waals surface area contributed by atoms with Crippen LogP contribution in [0.2, 0.25) is 0 Å². The summed E-state index contributed by atoms with van der Waals surface area (Å²) in [7, 11) is -3.30. The van der Waals surface area contributed by atoms with Crippen molar-refractivity contribution in [2.75, 3.05) is 12.8 Å². The number of rotatable bonds is 6. The zero-order valence-electron chi connectivity index (χ0n) is 17.9. The number of carbonyl (C=O) groups excluding carboxylic acids is 1. The van der Waals surface area contributed by atoms with Gasteiger partial charge in [-0.2, -0.15) is 5.26 Å². The van der Waals surface area contributed by atoms with Crippen molar-refractivity contribution in [3.05, 3.63) is 53.8 Å². The van der Waals surface area contributed by atoms with Gasteiger partial charge in [0.15, 0.2) is 9.84 Å². The molecule has 1 amide bonds. The molecular formula is C24H26FN3O3S. The number of hydrogen-bond donors (Lipinski definition) is 2. The minimum Gasteiger partial charge on any atom is -0.338 e. The summed E-state index contributed by atoms with van der Waals surface area (Å²) in [5.74, 6) is -0.0181. The van der Waals surface area contributed by atoms with Crippen LogP contribution in [-0.2, 0) is 21.1 Å². The van der Waals surface area contributed by atoms with Gasteiger partial charge in [-0.25, -0.2) is 12.8 Å². The van der Waals surface area contributed by atoms with Gasteiger partial charge in [0.25, 0.3) is 0 Å². The SMILES string of the molecule is CS(=O)(=O)c1ccc(-c2ccc(CC(C#N)NC(=O)C34CCC(CC3)CN4)c(F)c2)cc1. The topological polar surface area (TPSA) is 99.1 Å². The van der Waals surface area contributed by atoms with E-state index in [9.17, 15) is 22.9 Å². The molecule has 2 aromatic rings. The maximum Gasteiger partial charge on any atom is 0.241 e. The largest absolute Gasteiger partial charge is 0.338 e. The highest BCUT2D eigenvalue weighted by Crippen LogP contribution is 2.37. The zero-order valence-corrected chi connectivity index (χ0v) is 18.7. The molecule has 2 saturated heterocycles. The van der Waals surface area contributed by atoms with Gasteiger partial charge in [0.1, 0.15) is 11.9 Å². The number of sulfone groups is 1. The maximum atomic E-state index is 14.8. The van der Waals surface area contributed by atoms with Gasteiger partial charge in [0.2, 0.25) is 5.91 Å². The van der Waals surface area contributed by atoms with Crippen molar-refractivity contribution in [2.24, 2.45) is 5.92 Å². The third-order valence-corrected chi connectivity index (χ3v) is 7.81. The normalized spacial score (nSPS) is 23.3. The zero-order chi connectivity index (χ0) is 22.9. The standard InChI is InChI=1S/C24H26FN3O3S/c1-32(30,31)21-6-4-17(5-7-21)18-2-3-19(22(25)13-18)12-20(14-26)28-23(29)24-10-8-16(9-11-24)15-27-24/h2-7,13,16,20,27H,8-12,15H2,1H3,(H,28,29). The molecule has 3 fully saturated rings. The number of halogens is 1. The fraction of sp³-hybridized carbons (Fsp3) is 0.417. The Labute approximate surface area is 187 Å². The van der Waals surface area contributed by atoms with Crippen LogP contribution in [0.15, 0.2) is 47.4 Å². The first-order valence-corrected chi connectivity index (χ1v) is 12.6. The van der Waals surface area contributed by atoms with Gasteiger partial charge in [0, 0.05) is 12.7 Å². The maximum absolute atomic E-state index is 14.8. The summed E-state index contributed by atoms with van der Waals surface area (Å²) in [5, 5.41) is 15.7. The number of fused-ring (bicyclic) bond motifs is 3. The van der Waals surface area contributed by atoms with Crippen LogP contribution in [0.4, 0.5) is 4.39 Å². The molecule has 2 aromatic carbocycles. The van der Waals surface area contributed by atoms with Gasteiger partial charge in [-0.05, 0) is 73.0 Å². The number of piperidine rings is 2. The van der Waals surface area contributed by atoms with Gasteiger partial charge >= 0.3 is 0 Å². The highest BCUT2D eigenvalue weighted by Gasteiger charge is 2.46. The van der Waals surface area contributed by atoms with Gasteiger partial charge in [-0.3, -0.25) is 4.79 Å². The summed E-state index contributed by atoms with van der Waals surface area (Å²) >= 11 is 0. The van der Waals surface area contributed by atoms with Crippen LogP contribution in [0, 0.1) is 23.1 Å². The quantitative estimate of drug-likeness (QED) is 0.698. The lowest BCUT2D eigenvalue weighted by atomic mass is 9.71. The number of nitriles is 1. The molecule has 1 saturated carbocycles. The Hall–Kier alpha value is -2.76. The molecule has 2 heterocycles. The molecule has 2 N–H and O–H groups in total. The molecule has 5 rings (SSSR count). The Morgan fingerprint density at radius 2 is 1.88 bits per heavy atom. The van der Waals surface area contributed by atoms with Gasteiger partial charge < -0.3 is 10.6 Å². The van der Waals surface area contributed by atoms with Crippen molar-refractivity contribution < 1.29 is 17.6 Å². The third-order valence-electron chi connectivity index (χ3n) is 6.68. The predicted octanol–water partition coefficient (Wildman–Crippen LogP) is 2.98. The van der Waals surface area contributed by atoms with Crippen LogP contribution < -0.4 is 10.6 Å². The molecule has 168 valence electrons. The van der Waals surface area contributed by atoms with Crippen LogP contribution in [0.5, 0.6) is 0 Å². The first-order chi connectivity index (χ1) is 15.2. The summed E-state index contributed by atoms with van der Waals surface area (Å²) in [5.41, 5.74) is 1.02. The summed E-state index contributed by atoms with van der Waals surface area (Å²) < 4.78 is 38.0. The Morgan fingerprint density at radius 1 is 1.22 bits per heavy atom. The molecule has 3 aliphatic rings. The van der Waals surface area contributed by atoms with E-state index in [2.05, 4.69) is 16.7 Å². The van der Waals surface area contributed by atoms with E-state index >= 15 is 0 Å². The fourth-order valence-corrected chi connectivity index (χ4v) is 5.26. The molecule has 6 nitrogen and oxygen atoms in total. The Morgan fingerprint density at radius 3 is 2.41 bits per heavy atom. The fourth-order valence-electron chi connectivity index (χ4n) is 4.63. The second kappa shape index (κ2) is 8.64. The van der Waals surface area contributed by atoms with Gasteiger partial charge in [-0.1, -0.05) is 24.3 Å². The average Bonchev–Trinajstić information content (AvgIpc) is 2.80. The molecule has 0 aromatic heterocycles. The molecule has 0 radical (unpaired) electrons. The highest BCUT2D eigenvalue weighted by molar-refractivity contribution is 7.90. The van der Waals surface area contributed by atoms with Crippen LogP contribution in [0.25, 0.3) is 11.1 Å². The number of nitrogens with zero attached hydrogens (tertiary/aromatic N) is 1. The van der Waals surface area contributed by atoms with E-state index in [1.807, 2.05) is 0 Å². The number of hydrogen-bond acceptors (Lipinski definition) is 5. The smallest absolute Gasteiger partial charge is 0.241 e. The minimum atomic E-state index is -3.30. The van der Waals surface area contributed by atoms with E-state index in [-0.39, 0.29) is 17.2 Å². The van der Waals surface area contributed by atoms with Gasteiger partial charge in [0.05, 0.1) is 16.5 Å². The number of benzene rings is 2. The number of amides is 1. The van der Waals surface area contributed by atoms with Crippen molar-refractivity contribution in [3.63, 3.8) is 0 Å². The van der Waals surface area contributed by atoms with Crippen molar-refractivity contribution in [1.29, 1.82) is 5.26 Å². The van der Waals surface area contributed by atoms with Crippen LogP contribution in [0.3, 0.4) is 0 Å². The van der Waals surface area contributed by atoms with E-state index in [0.29, 0.717) is 22.6 Å². The molecule has 0 spiro atoms. The average molecular weight is 456 g/mol. The van der Waals surface area contributed by atoms with E-state index < -0.39 is 27.2 Å². The molecule has 1 unspecified atom stereocenters. The lowest BCUT2D eigenvalue weighted by Crippen LogP contribution is -2.64. The Balaban J connectivity index is 1.45. The molecule has 1 atom stereocenters. The van der Waals surface area contributed by atoms with Crippen molar-refractivity contribution in [3.8, 4) is 17.2 Å². The number of nitrogens with one attached hydrogen (secondary N) is 2. The Kier molecular flexibility index (Phi) is 6.06. The lowest BCUT2D eigenvalue weighted by Gasteiger charge is -2.46. The van der Waals surface area contributed by atoms with Crippen molar-refractivity contribution in [1.82, 2.24) is 10.6 Å². The highest BCUT2D eigenvalue weighted by atomic mass is 32.2. The first kappa shape index (κ1) is 22.4. The van der Waals surface area contributed by atoms with Crippen LogP contribution in [-0.4, -0.2) is 38.7 Å². The van der Waals surface area contributed by atoms with E-state index in [0.717, 1.165) is 38.5 Å². The van der Waals surface area contributed by atoms with E-state index in [1.54, 1.807) is 24.3 Å². The van der Waals surface area contributed by atoms with E-state index in [4.69, 9.17) is 0 Å². The number of carbonyl (C=O) groups is 1. The van der Waals surface area contributed by atoms with Gasteiger partial charge in [-0.15, -0.1) is 0 Å². The third kappa shape index (κ3) is 4.54.